The lowest BCUT2D eigenvalue weighted by molar-refractivity contribution is -0.332. The van der Waals surface area contributed by atoms with E-state index in [1.165, 1.54) is 0 Å². The summed E-state index contributed by atoms with van der Waals surface area (Å²) in [5.41, 5.74) is 5.27. The zero-order valence-electron chi connectivity index (χ0n) is 38.9. The maximum atomic E-state index is 16.3. The van der Waals surface area contributed by atoms with Gasteiger partial charge in [-0.3, -0.25) is 19.8 Å². The number of carbonyl (C=O) groups is 3. The average Bonchev–Trinajstić information content (AvgIpc) is 3.98. The fourth-order valence-corrected chi connectivity index (χ4v) is 11.4. The van der Waals surface area contributed by atoms with Crippen LogP contribution in [-0.4, -0.2) is 97.5 Å². The molecular weight excluding hydrogens is 883 g/mol. The molecule has 6 aromatic rings. The molecule has 5 aliphatic heterocycles. The number of aliphatic hydroxyl groups excluding tert-OH is 1. The Bertz CT molecular complexity index is 3040. The SMILES string of the molecule is CCNC(=O)[N+]1=C2N(c3ccc(N4CCOCC4)cc3)C(=O)[C@H]3[C@@H]4C(=O)O[C@@H](c5ccccc5)[C@@H](c5ccccc5)N4[C@@H](c4ccc(OCCO)cc4)[C@]23c2cc(C#Cc3ccc(OC)cc3)ccc21. The lowest BCUT2D eigenvalue weighted by Crippen LogP contribution is -2.54. The Morgan fingerprint density at radius 2 is 1.41 bits per heavy atom. The zero-order chi connectivity index (χ0) is 47.9. The number of urea groups is 1. The lowest BCUT2D eigenvalue weighted by Gasteiger charge is -2.46. The quantitative estimate of drug-likeness (QED) is 0.0811. The Morgan fingerprint density at radius 1 is 0.771 bits per heavy atom. The molecule has 0 aromatic heterocycles. The van der Waals surface area contributed by atoms with Crippen molar-refractivity contribution in [3.05, 3.63) is 185 Å². The van der Waals surface area contributed by atoms with Crippen molar-refractivity contribution < 1.29 is 43.0 Å². The second kappa shape index (κ2) is 18.6. The van der Waals surface area contributed by atoms with Gasteiger partial charge in [0, 0.05) is 35.5 Å². The molecule has 13 nitrogen and oxygen atoms in total. The number of hydrogen-bond acceptors (Lipinski definition) is 10. The first-order valence-corrected chi connectivity index (χ1v) is 23.8. The molecule has 1 spiro atoms. The number of anilines is 2. The Morgan fingerprint density at radius 3 is 2.09 bits per heavy atom. The maximum Gasteiger partial charge on any atom is 0.441 e. The molecule has 70 heavy (non-hydrogen) atoms. The lowest BCUT2D eigenvalue weighted by atomic mass is 9.66. The van der Waals surface area contributed by atoms with Gasteiger partial charge in [-0.05, 0) is 102 Å². The predicted molar refractivity (Wildman–Crippen MR) is 263 cm³/mol. The van der Waals surface area contributed by atoms with Gasteiger partial charge in [0.05, 0.1) is 45.6 Å². The molecule has 0 radical (unpaired) electrons. The second-order valence-electron chi connectivity index (χ2n) is 17.9. The van der Waals surface area contributed by atoms with Gasteiger partial charge in [-0.15, -0.1) is 0 Å². The van der Waals surface area contributed by atoms with E-state index in [0.717, 1.165) is 41.0 Å². The second-order valence-corrected chi connectivity index (χ2v) is 17.9. The number of carbonyl (C=O) groups excluding carboxylic acids is 3. The number of morpholine rings is 2. The van der Waals surface area contributed by atoms with Crippen LogP contribution in [0.5, 0.6) is 11.5 Å². The number of aliphatic hydroxyl groups is 1. The molecule has 3 amide bonds. The highest BCUT2D eigenvalue weighted by molar-refractivity contribution is 6.30. The number of esters is 1. The van der Waals surface area contributed by atoms with Crippen LogP contribution in [0.2, 0.25) is 0 Å². The van der Waals surface area contributed by atoms with Crippen LogP contribution in [0.25, 0.3) is 0 Å². The third kappa shape index (κ3) is 7.38. The Balaban J connectivity index is 1.20. The van der Waals surface area contributed by atoms with Crippen molar-refractivity contribution in [1.82, 2.24) is 10.2 Å². The van der Waals surface area contributed by atoms with Crippen molar-refractivity contribution in [2.75, 3.05) is 63.0 Å². The third-order valence-electron chi connectivity index (χ3n) is 14.2. The van der Waals surface area contributed by atoms with Crippen LogP contribution >= 0.6 is 0 Å². The van der Waals surface area contributed by atoms with E-state index in [2.05, 4.69) is 27.0 Å². The van der Waals surface area contributed by atoms with Gasteiger partial charge in [0.2, 0.25) is 5.84 Å². The standard InChI is InChI=1S/C57H51N5O8/c1-3-58-56(66)61-47-29-18-38(15-14-37-16-25-44(67-2)26-17-37)36-46(47)57-48(53(64)60(55(57)61)43-23-21-42(22-24-43)59-30-33-68-34-31-59)50-54(65)70-51(40-12-8-5-9-13-40)49(39-10-6-4-7-11-39)62(50)52(57)41-19-27-45(28-20-41)69-35-32-63/h4-13,16-29,36,48-52,63H,3,30-35H2,1-2H3/p+1/t48-,49-,50-,51+,52+,57-/m1/s1. The molecule has 0 unspecified atom stereocenters. The average molecular weight is 935 g/mol. The maximum absolute atomic E-state index is 16.3. The minimum Gasteiger partial charge on any atom is -0.497 e. The molecule has 0 aliphatic carbocycles. The first kappa shape index (κ1) is 44.7. The summed E-state index contributed by atoms with van der Waals surface area (Å²) in [6, 6.07) is 45.6. The van der Waals surface area contributed by atoms with Gasteiger partial charge in [-0.1, -0.05) is 84.6 Å². The van der Waals surface area contributed by atoms with Crippen molar-refractivity contribution in [3.8, 4) is 23.3 Å². The number of amides is 3. The van der Waals surface area contributed by atoms with Gasteiger partial charge in [-0.25, -0.2) is 4.79 Å². The summed E-state index contributed by atoms with van der Waals surface area (Å²) in [7, 11) is 1.62. The summed E-state index contributed by atoms with van der Waals surface area (Å²) in [5, 5.41) is 12.7. The van der Waals surface area contributed by atoms with Crippen molar-refractivity contribution in [2.45, 2.75) is 36.6 Å². The summed E-state index contributed by atoms with van der Waals surface area (Å²) >= 11 is 0. The summed E-state index contributed by atoms with van der Waals surface area (Å²) in [6.45, 7) is 4.80. The smallest absolute Gasteiger partial charge is 0.441 e. The summed E-state index contributed by atoms with van der Waals surface area (Å²) in [4.78, 5) is 53.0. The van der Waals surface area contributed by atoms with E-state index < -0.39 is 47.6 Å². The number of methoxy groups -OCH3 is 1. The van der Waals surface area contributed by atoms with Crippen molar-refractivity contribution in [3.63, 3.8) is 0 Å². The van der Waals surface area contributed by atoms with Gasteiger partial charge < -0.3 is 29.0 Å². The van der Waals surface area contributed by atoms with Gasteiger partial charge in [-0.2, -0.15) is 9.48 Å². The minimum atomic E-state index is -1.41. The normalized spacial score (nSPS) is 23.4. The molecule has 0 saturated carbocycles. The van der Waals surface area contributed by atoms with Crippen molar-refractivity contribution in [1.29, 1.82) is 0 Å². The summed E-state index contributed by atoms with van der Waals surface area (Å²) in [5.74, 6) is 6.39. The first-order chi connectivity index (χ1) is 34.3. The fourth-order valence-electron chi connectivity index (χ4n) is 11.4. The largest absolute Gasteiger partial charge is 0.497 e. The molecular formula is C57H52N5O8+. The molecule has 352 valence electrons. The van der Waals surface area contributed by atoms with E-state index in [1.807, 2.05) is 159 Å². The number of nitrogens with one attached hydrogen (secondary N) is 1. The van der Waals surface area contributed by atoms with Crippen LogP contribution in [-0.2, 0) is 24.5 Å². The molecule has 13 heteroatoms. The number of amidine groups is 1. The van der Waals surface area contributed by atoms with E-state index in [4.69, 9.17) is 18.9 Å². The van der Waals surface area contributed by atoms with E-state index in [-0.39, 0.29) is 19.1 Å². The zero-order valence-corrected chi connectivity index (χ0v) is 38.9. The van der Waals surface area contributed by atoms with Crippen molar-refractivity contribution >= 4 is 40.8 Å². The number of ether oxygens (including phenoxy) is 4. The molecule has 6 aromatic carbocycles. The molecule has 11 rings (SSSR count). The Kier molecular flexibility index (Phi) is 11.9. The molecule has 5 heterocycles. The van der Waals surface area contributed by atoms with Gasteiger partial charge in [0.15, 0.2) is 0 Å². The Labute approximate surface area is 406 Å². The monoisotopic (exact) mass is 934 g/mol. The van der Waals surface area contributed by atoms with Gasteiger partial charge in [0.1, 0.15) is 53.0 Å². The molecule has 2 N–H and O–H groups in total. The van der Waals surface area contributed by atoms with Crippen LogP contribution < -0.4 is 24.6 Å². The Hall–Kier alpha value is -7.76. The van der Waals surface area contributed by atoms with E-state index in [1.54, 1.807) is 16.6 Å². The van der Waals surface area contributed by atoms with E-state index in [9.17, 15) is 5.11 Å². The summed E-state index contributed by atoms with van der Waals surface area (Å²) < 4.78 is 25.3. The van der Waals surface area contributed by atoms with E-state index >= 15 is 14.4 Å². The van der Waals surface area contributed by atoms with Crippen LogP contribution in [0.3, 0.4) is 0 Å². The highest BCUT2D eigenvalue weighted by Gasteiger charge is 2.81. The van der Waals surface area contributed by atoms with Crippen LogP contribution in [0.15, 0.2) is 152 Å². The van der Waals surface area contributed by atoms with Gasteiger partial charge in [0.25, 0.3) is 5.91 Å². The number of hydrogen-bond donors (Lipinski definition) is 2. The predicted octanol–water partition coefficient (Wildman–Crippen LogP) is 7.45. The van der Waals surface area contributed by atoms with E-state index in [0.29, 0.717) is 59.6 Å². The first-order valence-electron chi connectivity index (χ1n) is 23.8. The molecule has 0 bridgehead atoms. The van der Waals surface area contributed by atoms with Crippen LogP contribution in [0, 0.1) is 17.8 Å². The number of fused-ring (bicyclic) bond motifs is 3. The summed E-state index contributed by atoms with van der Waals surface area (Å²) in [6.07, 6.45) is -0.776. The van der Waals surface area contributed by atoms with Crippen molar-refractivity contribution in [2.24, 2.45) is 5.92 Å². The van der Waals surface area contributed by atoms with Crippen LogP contribution in [0.1, 0.15) is 58.5 Å². The third-order valence-corrected chi connectivity index (χ3v) is 14.2. The highest BCUT2D eigenvalue weighted by atomic mass is 16.6. The molecule has 4 saturated heterocycles. The topological polar surface area (TPSA) is 133 Å². The number of rotatable bonds is 10. The number of nitrogens with zero attached hydrogens (tertiary/aromatic N) is 4. The fraction of sp³-hybridized carbons (Fsp3) is 0.263. The van der Waals surface area contributed by atoms with Gasteiger partial charge >= 0.3 is 12.0 Å². The number of cyclic esters (lactones) is 1. The molecule has 6 atom stereocenters. The number of benzene rings is 6. The molecule has 4 fully saturated rings. The highest BCUT2D eigenvalue weighted by Crippen LogP contribution is 2.68. The minimum absolute atomic E-state index is 0.102. The van der Waals surface area contributed by atoms with Crippen LogP contribution in [0.4, 0.5) is 21.9 Å². The molecule has 5 aliphatic rings.